The first kappa shape index (κ1) is 17.0. The maximum Gasteiger partial charge on any atom is 0.417 e. The largest absolute Gasteiger partial charge is 0.481 e. The van der Waals surface area contributed by atoms with Crippen molar-refractivity contribution in [3.63, 3.8) is 0 Å². The molecule has 0 aliphatic rings. The number of rotatable bonds is 5. The van der Waals surface area contributed by atoms with E-state index in [-0.39, 0.29) is 12.3 Å². The lowest BCUT2D eigenvalue weighted by Gasteiger charge is -2.21. The fourth-order valence-corrected chi connectivity index (χ4v) is 1.82. The molecule has 2 N–H and O–H groups in total. The third kappa shape index (κ3) is 4.77. The molecule has 1 aromatic rings. The van der Waals surface area contributed by atoms with Gasteiger partial charge >= 0.3 is 12.1 Å². The summed E-state index contributed by atoms with van der Waals surface area (Å²) in [6.07, 6.45) is -4.99. The SMILES string of the molecule is CC(C)C(CC(=O)O)NC(=O)c1ccccc1C(F)(F)F. The number of benzene rings is 1. The summed E-state index contributed by atoms with van der Waals surface area (Å²) in [4.78, 5) is 22.7. The van der Waals surface area contributed by atoms with Gasteiger partial charge in [-0.15, -0.1) is 0 Å². The molecule has 0 fully saturated rings. The number of carbonyl (C=O) groups is 2. The third-order valence-electron chi connectivity index (χ3n) is 2.99. The number of hydrogen-bond acceptors (Lipinski definition) is 2. The second-order valence-electron chi connectivity index (χ2n) is 4.97. The number of halogens is 3. The normalized spacial score (nSPS) is 13.0. The van der Waals surface area contributed by atoms with Crippen molar-refractivity contribution in [1.29, 1.82) is 0 Å². The Morgan fingerprint density at radius 2 is 1.81 bits per heavy atom. The number of alkyl halides is 3. The minimum Gasteiger partial charge on any atom is -0.481 e. The lowest BCUT2D eigenvalue weighted by Crippen LogP contribution is -2.40. The van der Waals surface area contributed by atoms with E-state index in [2.05, 4.69) is 5.32 Å². The van der Waals surface area contributed by atoms with Gasteiger partial charge in [-0.1, -0.05) is 26.0 Å². The number of aliphatic carboxylic acids is 1. The van der Waals surface area contributed by atoms with Crippen LogP contribution >= 0.6 is 0 Å². The number of amides is 1. The molecule has 0 aromatic heterocycles. The molecule has 1 rings (SSSR count). The van der Waals surface area contributed by atoms with Gasteiger partial charge in [-0.3, -0.25) is 9.59 Å². The second kappa shape index (κ2) is 6.60. The van der Waals surface area contributed by atoms with E-state index in [1.54, 1.807) is 13.8 Å². The summed E-state index contributed by atoms with van der Waals surface area (Å²) in [5, 5.41) is 11.1. The highest BCUT2D eigenvalue weighted by atomic mass is 19.4. The van der Waals surface area contributed by atoms with Crippen LogP contribution in [0.1, 0.15) is 36.2 Å². The van der Waals surface area contributed by atoms with Crippen LogP contribution in [0.15, 0.2) is 24.3 Å². The first-order chi connectivity index (χ1) is 9.62. The molecule has 0 saturated carbocycles. The molecule has 4 nitrogen and oxygen atoms in total. The summed E-state index contributed by atoms with van der Waals surface area (Å²) in [5.74, 6) is -2.27. The molecule has 0 aliphatic carbocycles. The van der Waals surface area contributed by atoms with Gasteiger partial charge in [0.25, 0.3) is 5.91 Å². The van der Waals surface area contributed by atoms with Gasteiger partial charge in [0.15, 0.2) is 0 Å². The van der Waals surface area contributed by atoms with Crippen LogP contribution in [0.5, 0.6) is 0 Å². The topological polar surface area (TPSA) is 66.4 Å². The van der Waals surface area contributed by atoms with Crippen molar-refractivity contribution in [3.8, 4) is 0 Å². The van der Waals surface area contributed by atoms with Crippen LogP contribution in [0, 0.1) is 5.92 Å². The molecular formula is C14H16F3NO3. The van der Waals surface area contributed by atoms with Crippen LogP contribution in [-0.2, 0) is 11.0 Å². The van der Waals surface area contributed by atoms with E-state index in [1.165, 1.54) is 12.1 Å². The Hall–Kier alpha value is -2.05. The molecule has 0 spiro atoms. The van der Waals surface area contributed by atoms with Gasteiger partial charge in [0.2, 0.25) is 0 Å². The zero-order valence-corrected chi connectivity index (χ0v) is 11.6. The van der Waals surface area contributed by atoms with Crippen LogP contribution < -0.4 is 5.32 Å². The maximum absolute atomic E-state index is 12.8. The van der Waals surface area contributed by atoms with Crippen LogP contribution in [-0.4, -0.2) is 23.0 Å². The van der Waals surface area contributed by atoms with E-state index in [4.69, 9.17) is 5.11 Å². The lowest BCUT2D eigenvalue weighted by atomic mass is 9.99. The summed E-state index contributed by atoms with van der Waals surface area (Å²) in [7, 11) is 0. The summed E-state index contributed by atoms with van der Waals surface area (Å²) in [6, 6.07) is 3.66. The van der Waals surface area contributed by atoms with Gasteiger partial charge in [0, 0.05) is 6.04 Å². The van der Waals surface area contributed by atoms with Crippen LogP contribution in [0.2, 0.25) is 0 Å². The van der Waals surface area contributed by atoms with Gasteiger partial charge < -0.3 is 10.4 Å². The molecule has 0 aliphatic heterocycles. The molecule has 116 valence electrons. The van der Waals surface area contributed by atoms with Crippen molar-refractivity contribution in [1.82, 2.24) is 5.32 Å². The summed E-state index contributed by atoms with van der Waals surface area (Å²) in [5.41, 5.74) is -1.55. The predicted molar refractivity (Wildman–Crippen MR) is 69.8 cm³/mol. The number of carbonyl (C=O) groups excluding carboxylic acids is 1. The van der Waals surface area contributed by atoms with Crippen molar-refractivity contribution in [2.24, 2.45) is 5.92 Å². The monoisotopic (exact) mass is 303 g/mol. The van der Waals surface area contributed by atoms with Gasteiger partial charge in [-0.25, -0.2) is 0 Å². The van der Waals surface area contributed by atoms with E-state index in [9.17, 15) is 22.8 Å². The highest BCUT2D eigenvalue weighted by molar-refractivity contribution is 5.96. The average Bonchev–Trinajstić information content (AvgIpc) is 2.36. The van der Waals surface area contributed by atoms with E-state index in [1.807, 2.05) is 0 Å². The zero-order valence-electron chi connectivity index (χ0n) is 11.6. The van der Waals surface area contributed by atoms with Gasteiger partial charge in [0.1, 0.15) is 0 Å². The molecule has 0 bridgehead atoms. The Morgan fingerprint density at radius 1 is 1.24 bits per heavy atom. The fraction of sp³-hybridized carbons (Fsp3) is 0.429. The smallest absolute Gasteiger partial charge is 0.417 e. The van der Waals surface area contributed by atoms with Gasteiger partial charge in [0.05, 0.1) is 17.5 Å². The summed E-state index contributed by atoms with van der Waals surface area (Å²) >= 11 is 0. The molecule has 0 saturated heterocycles. The molecule has 1 atom stereocenters. The minimum absolute atomic E-state index is 0.219. The van der Waals surface area contributed by atoms with Crippen molar-refractivity contribution in [3.05, 3.63) is 35.4 Å². The van der Waals surface area contributed by atoms with E-state index >= 15 is 0 Å². The molecule has 21 heavy (non-hydrogen) atoms. The quantitative estimate of drug-likeness (QED) is 0.879. The van der Waals surface area contributed by atoms with Crippen molar-refractivity contribution in [2.75, 3.05) is 0 Å². The maximum atomic E-state index is 12.8. The average molecular weight is 303 g/mol. The van der Waals surface area contributed by atoms with Crippen LogP contribution in [0.4, 0.5) is 13.2 Å². The minimum atomic E-state index is -4.64. The van der Waals surface area contributed by atoms with E-state index in [0.717, 1.165) is 12.1 Å². The number of hydrogen-bond donors (Lipinski definition) is 2. The molecule has 1 amide bonds. The molecule has 0 heterocycles. The first-order valence-electron chi connectivity index (χ1n) is 6.31. The summed E-state index contributed by atoms with van der Waals surface area (Å²) in [6.45, 7) is 3.37. The Kier molecular flexibility index (Phi) is 5.34. The summed E-state index contributed by atoms with van der Waals surface area (Å²) < 4.78 is 38.5. The van der Waals surface area contributed by atoms with E-state index < -0.39 is 35.2 Å². The molecule has 1 aromatic carbocycles. The Bertz CT molecular complexity index is 526. The Morgan fingerprint density at radius 3 is 2.29 bits per heavy atom. The van der Waals surface area contributed by atoms with E-state index in [0.29, 0.717) is 0 Å². The van der Waals surface area contributed by atoms with Crippen molar-refractivity contribution in [2.45, 2.75) is 32.5 Å². The molecular weight excluding hydrogens is 287 g/mol. The number of nitrogens with one attached hydrogen (secondary N) is 1. The van der Waals surface area contributed by atoms with Gasteiger partial charge in [-0.05, 0) is 18.1 Å². The molecule has 0 radical (unpaired) electrons. The Labute approximate surface area is 120 Å². The number of carboxylic acids is 1. The highest BCUT2D eigenvalue weighted by Crippen LogP contribution is 2.31. The zero-order chi connectivity index (χ0) is 16.2. The fourth-order valence-electron chi connectivity index (χ4n) is 1.82. The third-order valence-corrected chi connectivity index (χ3v) is 2.99. The van der Waals surface area contributed by atoms with Gasteiger partial charge in [-0.2, -0.15) is 13.2 Å². The van der Waals surface area contributed by atoms with Crippen LogP contribution in [0.3, 0.4) is 0 Å². The number of carboxylic acid groups (broad SMARTS) is 1. The standard InChI is InChI=1S/C14H16F3NO3/c1-8(2)11(7-12(19)20)18-13(21)9-5-3-4-6-10(9)14(15,16)17/h3-6,8,11H,7H2,1-2H3,(H,18,21)(H,19,20). The van der Waals surface area contributed by atoms with Crippen molar-refractivity contribution < 1.29 is 27.9 Å². The first-order valence-corrected chi connectivity index (χ1v) is 6.31. The Balaban J connectivity index is 3.01. The van der Waals surface area contributed by atoms with Crippen molar-refractivity contribution >= 4 is 11.9 Å². The lowest BCUT2D eigenvalue weighted by molar-refractivity contribution is -0.139. The predicted octanol–water partition coefficient (Wildman–Crippen LogP) is 2.93. The molecule has 7 heteroatoms. The second-order valence-corrected chi connectivity index (χ2v) is 4.97. The van der Waals surface area contributed by atoms with Crippen LogP contribution in [0.25, 0.3) is 0 Å². The highest BCUT2D eigenvalue weighted by Gasteiger charge is 2.35. The molecule has 1 unspecified atom stereocenters.